The Morgan fingerprint density at radius 2 is 2.07 bits per heavy atom. The summed E-state index contributed by atoms with van der Waals surface area (Å²) >= 11 is 0. The molecular formula is C11H19NO3. The summed E-state index contributed by atoms with van der Waals surface area (Å²) in [5.74, 6) is -0.835. The predicted molar refractivity (Wildman–Crippen MR) is 58.3 cm³/mol. The number of hydrogen-bond donors (Lipinski definition) is 1. The van der Waals surface area contributed by atoms with E-state index >= 15 is 0 Å². The maximum absolute atomic E-state index is 11.1. The summed E-state index contributed by atoms with van der Waals surface area (Å²) in [5, 5.41) is 2.67. The molecule has 0 rings (SSSR count). The van der Waals surface area contributed by atoms with E-state index in [9.17, 15) is 9.59 Å². The first-order valence-corrected chi connectivity index (χ1v) is 5.26. The first-order valence-electron chi connectivity index (χ1n) is 5.26. The van der Waals surface area contributed by atoms with Crippen LogP contribution in [0.25, 0.3) is 0 Å². The molecule has 0 fully saturated rings. The van der Waals surface area contributed by atoms with Crippen molar-refractivity contribution < 1.29 is 14.3 Å². The lowest BCUT2D eigenvalue weighted by atomic mass is 10.2. The number of hydrogen-bond acceptors (Lipinski definition) is 3. The van der Waals surface area contributed by atoms with Gasteiger partial charge in [0.15, 0.2) is 6.61 Å². The maximum Gasteiger partial charge on any atom is 0.330 e. The summed E-state index contributed by atoms with van der Waals surface area (Å²) < 4.78 is 4.56. The van der Waals surface area contributed by atoms with Crippen molar-refractivity contribution in [3.63, 3.8) is 0 Å². The van der Waals surface area contributed by atoms with Crippen LogP contribution in [0.5, 0.6) is 0 Å². The summed E-state index contributed by atoms with van der Waals surface area (Å²) in [5.41, 5.74) is 0. The van der Waals surface area contributed by atoms with Crippen LogP contribution in [0.15, 0.2) is 12.7 Å². The highest BCUT2D eigenvalue weighted by atomic mass is 16.5. The zero-order valence-electron chi connectivity index (χ0n) is 9.25. The molecule has 0 spiro atoms. The number of ether oxygens (including phenoxy) is 1. The molecule has 1 amide bonds. The van der Waals surface area contributed by atoms with Crippen molar-refractivity contribution in [2.45, 2.75) is 32.6 Å². The SMILES string of the molecule is C=CC(=O)OCC(=O)NCCCCCC. The van der Waals surface area contributed by atoms with E-state index in [2.05, 4.69) is 23.6 Å². The smallest absolute Gasteiger partial charge is 0.330 e. The molecule has 4 heteroatoms. The lowest BCUT2D eigenvalue weighted by molar-refractivity contribution is -0.143. The van der Waals surface area contributed by atoms with E-state index < -0.39 is 5.97 Å². The summed E-state index contributed by atoms with van der Waals surface area (Å²) in [6.45, 7) is 5.78. The molecule has 0 aliphatic heterocycles. The molecule has 0 atom stereocenters. The maximum atomic E-state index is 11.1. The number of rotatable bonds is 8. The zero-order valence-corrected chi connectivity index (χ0v) is 9.25. The van der Waals surface area contributed by atoms with Crippen molar-refractivity contribution in [3.05, 3.63) is 12.7 Å². The molecule has 0 bridgehead atoms. The van der Waals surface area contributed by atoms with Crippen LogP contribution in [0.1, 0.15) is 32.6 Å². The van der Waals surface area contributed by atoms with E-state index in [1.54, 1.807) is 0 Å². The molecule has 15 heavy (non-hydrogen) atoms. The molecule has 86 valence electrons. The summed E-state index contributed by atoms with van der Waals surface area (Å²) in [6, 6.07) is 0. The second-order valence-electron chi connectivity index (χ2n) is 3.22. The van der Waals surface area contributed by atoms with Gasteiger partial charge in [-0.2, -0.15) is 0 Å². The third kappa shape index (κ3) is 9.00. The van der Waals surface area contributed by atoms with Gasteiger partial charge >= 0.3 is 5.97 Å². The molecule has 0 aromatic carbocycles. The number of esters is 1. The van der Waals surface area contributed by atoms with Gasteiger partial charge in [0.1, 0.15) is 0 Å². The van der Waals surface area contributed by atoms with Gasteiger partial charge < -0.3 is 10.1 Å². The van der Waals surface area contributed by atoms with Gasteiger partial charge in [0.2, 0.25) is 0 Å². The zero-order chi connectivity index (χ0) is 11.5. The van der Waals surface area contributed by atoms with Gasteiger partial charge in [-0.05, 0) is 6.42 Å². The van der Waals surface area contributed by atoms with Gasteiger partial charge in [-0.15, -0.1) is 0 Å². The fraction of sp³-hybridized carbons (Fsp3) is 0.636. The number of unbranched alkanes of at least 4 members (excludes halogenated alkanes) is 3. The van der Waals surface area contributed by atoms with Crippen molar-refractivity contribution in [3.8, 4) is 0 Å². The highest BCUT2D eigenvalue weighted by molar-refractivity contribution is 5.85. The van der Waals surface area contributed by atoms with Crippen LogP contribution in [-0.2, 0) is 14.3 Å². The van der Waals surface area contributed by atoms with Crippen LogP contribution in [0, 0.1) is 0 Å². The van der Waals surface area contributed by atoms with Crippen molar-refractivity contribution >= 4 is 11.9 Å². The van der Waals surface area contributed by atoms with E-state index in [0.29, 0.717) is 6.54 Å². The van der Waals surface area contributed by atoms with Crippen LogP contribution in [0.4, 0.5) is 0 Å². The topological polar surface area (TPSA) is 55.4 Å². The molecule has 4 nitrogen and oxygen atoms in total. The molecule has 0 aromatic heterocycles. The molecule has 0 saturated carbocycles. The summed E-state index contributed by atoms with van der Waals surface area (Å²) in [6.07, 6.45) is 5.47. The third-order valence-corrected chi connectivity index (χ3v) is 1.86. The van der Waals surface area contributed by atoms with Gasteiger partial charge in [0.05, 0.1) is 0 Å². The van der Waals surface area contributed by atoms with E-state index in [4.69, 9.17) is 0 Å². The number of amides is 1. The van der Waals surface area contributed by atoms with Crippen LogP contribution in [0.3, 0.4) is 0 Å². The van der Waals surface area contributed by atoms with Crippen LogP contribution < -0.4 is 5.32 Å². The second-order valence-corrected chi connectivity index (χ2v) is 3.22. The van der Waals surface area contributed by atoms with E-state index in [0.717, 1.165) is 18.9 Å². The molecule has 0 radical (unpaired) electrons. The lowest BCUT2D eigenvalue weighted by Gasteiger charge is -2.04. The summed E-state index contributed by atoms with van der Waals surface area (Å²) in [4.78, 5) is 21.7. The Labute approximate surface area is 90.7 Å². The predicted octanol–water partition coefficient (Wildman–Crippen LogP) is 1.41. The molecule has 0 aliphatic carbocycles. The van der Waals surface area contributed by atoms with Crippen LogP contribution in [-0.4, -0.2) is 25.0 Å². The number of carbonyl (C=O) groups excluding carboxylic acids is 2. The van der Waals surface area contributed by atoms with Gasteiger partial charge in [-0.3, -0.25) is 4.79 Å². The lowest BCUT2D eigenvalue weighted by Crippen LogP contribution is -2.29. The molecule has 0 unspecified atom stereocenters. The first-order chi connectivity index (χ1) is 7.20. The Hall–Kier alpha value is -1.32. The Bertz CT molecular complexity index is 214. The Kier molecular flexibility index (Phi) is 8.43. The first kappa shape index (κ1) is 13.7. The van der Waals surface area contributed by atoms with Crippen LogP contribution in [0.2, 0.25) is 0 Å². The Morgan fingerprint density at radius 1 is 1.33 bits per heavy atom. The largest absolute Gasteiger partial charge is 0.452 e. The average molecular weight is 213 g/mol. The number of nitrogens with one attached hydrogen (secondary N) is 1. The van der Waals surface area contributed by atoms with Gasteiger partial charge in [-0.25, -0.2) is 4.79 Å². The fourth-order valence-corrected chi connectivity index (χ4v) is 1.03. The van der Waals surface area contributed by atoms with Crippen molar-refractivity contribution in [2.75, 3.05) is 13.2 Å². The fourth-order valence-electron chi connectivity index (χ4n) is 1.03. The van der Waals surface area contributed by atoms with E-state index in [1.165, 1.54) is 12.8 Å². The standard InChI is InChI=1S/C11H19NO3/c1-3-5-6-7-8-12-10(13)9-15-11(14)4-2/h4H,2-3,5-9H2,1H3,(H,12,13). The second kappa shape index (κ2) is 9.24. The van der Waals surface area contributed by atoms with E-state index in [1.807, 2.05) is 0 Å². The minimum absolute atomic E-state index is 0.224. The molecule has 0 saturated heterocycles. The highest BCUT2D eigenvalue weighted by Crippen LogP contribution is 1.96. The molecule has 1 N–H and O–H groups in total. The van der Waals surface area contributed by atoms with Crippen molar-refractivity contribution in [1.82, 2.24) is 5.32 Å². The monoisotopic (exact) mass is 213 g/mol. The average Bonchev–Trinajstić information content (AvgIpc) is 2.25. The normalized spacial score (nSPS) is 9.40. The quantitative estimate of drug-likeness (QED) is 0.377. The molecule has 0 aliphatic rings. The summed E-state index contributed by atoms with van der Waals surface area (Å²) in [7, 11) is 0. The van der Waals surface area contributed by atoms with Gasteiger partial charge in [0.25, 0.3) is 5.91 Å². The minimum Gasteiger partial charge on any atom is -0.452 e. The van der Waals surface area contributed by atoms with Gasteiger partial charge in [0, 0.05) is 12.6 Å². The molecule has 0 heterocycles. The highest BCUT2D eigenvalue weighted by Gasteiger charge is 2.02. The Balaban J connectivity index is 3.33. The molecule has 0 aromatic rings. The third-order valence-electron chi connectivity index (χ3n) is 1.86. The van der Waals surface area contributed by atoms with Crippen LogP contribution >= 0.6 is 0 Å². The Morgan fingerprint density at radius 3 is 2.67 bits per heavy atom. The van der Waals surface area contributed by atoms with Crippen molar-refractivity contribution in [1.29, 1.82) is 0 Å². The van der Waals surface area contributed by atoms with E-state index in [-0.39, 0.29) is 12.5 Å². The van der Waals surface area contributed by atoms with Crippen molar-refractivity contribution in [2.24, 2.45) is 0 Å². The van der Waals surface area contributed by atoms with Gasteiger partial charge in [-0.1, -0.05) is 32.8 Å². The molecular weight excluding hydrogens is 194 g/mol. The number of carbonyl (C=O) groups is 2. The minimum atomic E-state index is -0.573.